The minimum atomic E-state index is -0.176. The van der Waals surface area contributed by atoms with Gasteiger partial charge in [0, 0.05) is 17.9 Å². The van der Waals surface area contributed by atoms with Crippen molar-refractivity contribution in [2.75, 3.05) is 25.1 Å². The number of aliphatic hydroxyl groups is 1. The van der Waals surface area contributed by atoms with Crippen LogP contribution >= 0.6 is 0 Å². The number of carbonyl (C=O) groups is 1. The van der Waals surface area contributed by atoms with Gasteiger partial charge in [-0.25, -0.2) is 0 Å². The number of hydrogen-bond acceptors (Lipinski definition) is 3. The van der Waals surface area contributed by atoms with Crippen LogP contribution in [0, 0.1) is 18.8 Å². The lowest BCUT2D eigenvalue weighted by Crippen LogP contribution is -2.14. The van der Waals surface area contributed by atoms with Crippen molar-refractivity contribution >= 4 is 11.6 Å². The molecule has 0 aliphatic heterocycles. The molecule has 1 rings (SSSR count). The van der Waals surface area contributed by atoms with Gasteiger partial charge in [0.25, 0.3) is 0 Å². The van der Waals surface area contributed by atoms with Crippen LogP contribution in [0.5, 0.6) is 0 Å². The zero-order valence-electron chi connectivity index (χ0n) is 11.3. The molecule has 0 fully saturated rings. The molecule has 0 heterocycles. The quantitative estimate of drug-likeness (QED) is 0.626. The predicted octanol–water partition coefficient (Wildman–Crippen LogP) is 1.70. The molecule has 0 aliphatic carbocycles. The molecule has 1 aromatic rings. The van der Waals surface area contributed by atoms with Gasteiger partial charge in [-0.3, -0.25) is 4.79 Å². The lowest BCUT2D eigenvalue weighted by Gasteiger charge is -2.07. The molecule has 19 heavy (non-hydrogen) atoms. The third-order valence-electron chi connectivity index (χ3n) is 2.50. The highest BCUT2D eigenvalue weighted by atomic mass is 16.5. The van der Waals surface area contributed by atoms with Gasteiger partial charge >= 0.3 is 0 Å². The van der Waals surface area contributed by atoms with Gasteiger partial charge in [0.15, 0.2) is 0 Å². The Morgan fingerprint density at radius 2 is 2.26 bits per heavy atom. The first-order chi connectivity index (χ1) is 9.17. The second kappa shape index (κ2) is 8.30. The maximum Gasteiger partial charge on any atom is 0.226 e. The smallest absolute Gasteiger partial charge is 0.226 e. The summed E-state index contributed by atoms with van der Waals surface area (Å²) in [6, 6.07) is 5.52. The summed E-state index contributed by atoms with van der Waals surface area (Å²) in [5.74, 6) is 5.37. The Bertz CT molecular complexity index is 486. The number of aryl methyl sites for hydroxylation is 1. The number of anilines is 1. The van der Waals surface area contributed by atoms with Crippen LogP contribution < -0.4 is 5.32 Å². The lowest BCUT2D eigenvalue weighted by atomic mass is 10.1. The van der Waals surface area contributed by atoms with E-state index in [2.05, 4.69) is 17.2 Å². The number of rotatable bonds is 5. The van der Waals surface area contributed by atoms with Crippen LogP contribution in [0.1, 0.15) is 24.5 Å². The zero-order valence-corrected chi connectivity index (χ0v) is 11.3. The highest BCUT2D eigenvalue weighted by molar-refractivity contribution is 5.91. The van der Waals surface area contributed by atoms with E-state index in [0.29, 0.717) is 25.3 Å². The molecule has 4 heteroatoms. The molecular formula is C15H19NO3. The largest absolute Gasteiger partial charge is 0.384 e. The highest BCUT2D eigenvalue weighted by Gasteiger charge is 2.03. The fourth-order valence-corrected chi connectivity index (χ4v) is 1.50. The Morgan fingerprint density at radius 1 is 1.47 bits per heavy atom. The monoisotopic (exact) mass is 261 g/mol. The standard InChI is InChI=1S/C15H19NO3/c1-3-19-10-8-15(18)16-14-7-6-12(2)13(11-14)5-4-9-17/h6-7,11,17H,3,8-10H2,1-2H3,(H,16,18). The Hall–Kier alpha value is -1.83. The second-order valence-electron chi connectivity index (χ2n) is 3.98. The Labute approximate surface area is 113 Å². The van der Waals surface area contributed by atoms with Crippen molar-refractivity contribution in [3.8, 4) is 11.8 Å². The fourth-order valence-electron chi connectivity index (χ4n) is 1.50. The van der Waals surface area contributed by atoms with Gasteiger partial charge in [-0.2, -0.15) is 0 Å². The van der Waals surface area contributed by atoms with Gasteiger partial charge in [0.1, 0.15) is 6.61 Å². The number of amides is 1. The van der Waals surface area contributed by atoms with Crippen molar-refractivity contribution in [2.24, 2.45) is 0 Å². The Morgan fingerprint density at radius 3 is 2.95 bits per heavy atom. The second-order valence-corrected chi connectivity index (χ2v) is 3.98. The number of hydrogen-bond donors (Lipinski definition) is 2. The highest BCUT2D eigenvalue weighted by Crippen LogP contribution is 2.14. The normalized spacial score (nSPS) is 9.63. The van der Waals surface area contributed by atoms with E-state index in [-0.39, 0.29) is 12.5 Å². The van der Waals surface area contributed by atoms with E-state index in [1.807, 2.05) is 26.0 Å². The van der Waals surface area contributed by atoms with E-state index < -0.39 is 0 Å². The fraction of sp³-hybridized carbons (Fsp3) is 0.400. The van der Waals surface area contributed by atoms with Crippen molar-refractivity contribution in [1.82, 2.24) is 0 Å². The van der Waals surface area contributed by atoms with Gasteiger partial charge in [-0.05, 0) is 31.5 Å². The van der Waals surface area contributed by atoms with Crippen molar-refractivity contribution in [2.45, 2.75) is 20.3 Å². The Kier molecular flexibility index (Phi) is 6.65. The first kappa shape index (κ1) is 15.2. The van der Waals surface area contributed by atoms with Crippen LogP contribution in [0.2, 0.25) is 0 Å². The maximum atomic E-state index is 11.6. The summed E-state index contributed by atoms with van der Waals surface area (Å²) in [5, 5.41) is 11.5. The van der Waals surface area contributed by atoms with Crippen LogP contribution in [0.4, 0.5) is 5.69 Å². The Balaban J connectivity index is 2.66. The molecule has 0 saturated heterocycles. The van der Waals surface area contributed by atoms with E-state index in [4.69, 9.17) is 9.84 Å². The molecule has 0 aromatic heterocycles. The predicted molar refractivity (Wildman–Crippen MR) is 74.9 cm³/mol. The van der Waals surface area contributed by atoms with Gasteiger partial charge in [-0.1, -0.05) is 17.9 Å². The number of carbonyl (C=O) groups excluding carboxylic acids is 1. The first-order valence-corrected chi connectivity index (χ1v) is 6.25. The molecule has 0 spiro atoms. The molecular weight excluding hydrogens is 242 g/mol. The summed E-state index contributed by atoms with van der Waals surface area (Å²) < 4.78 is 5.13. The number of aliphatic hydroxyl groups excluding tert-OH is 1. The molecule has 4 nitrogen and oxygen atoms in total. The van der Waals surface area contributed by atoms with E-state index >= 15 is 0 Å². The molecule has 0 atom stereocenters. The van der Waals surface area contributed by atoms with E-state index in [1.165, 1.54) is 0 Å². The average Bonchev–Trinajstić information content (AvgIpc) is 2.39. The lowest BCUT2D eigenvalue weighted by molar-refractivity contribution is -0.117. The molecule has 0 aliphatic rings. The van der Waals surface area contributed by atoms with Crippen LogP contribution in [-0.2, 0) is 9.53 Å². The molecule has 1 amide bonds. The first-order valence-electron chi connectivity index (χ1n) is 6.25. The van der Waals surface area contributed by atoms with E-state index in [1.54, 1.807) is 6.07 Å². The summed E-state index contributed by atoms with van der Waals surface area (Å²) in [5.41, 5.74) is 2.51. The molecule has 1 aromatic carbocycles. The third-order valence-corrected chi connectivity index (χ3v) is 2.50. The van der Waals surface area contributed by atoms with Gasteiger partial charge in [0.2, 0.25) is 5.91 Å². The summed E-state index contributed by atoms with van der Waals surface area (Å²) in [6.07, 6.45) is 0.333. The topological polar surface area (TPSA) is 58.6 Å². The molecule has 0 radical (unpaired) electrons. The summed E-state index contributed by atoms with van der Waals surface area (Å²) >= 11 is 0. The zero-order chi connectivity index (χ0) is 14.1. The number of benzene rings is 1. The third kappa shape index (κ3) is 5.56. The summed E-state index contributed by atoms with van der Waals surface area (Å²) in [4.78, 5) is 11.6. The average molecular weight is 261 g/mol. The molecule has 0 unspecified atom stereocenters. The van der Waals surface area contributed by atoms with Crippen molar-refractivity contribution < 1.29 is 14.6 Å². The van der Waals surface area contributed by atoms with E-state index in [0.717, 1.165) is 11.1 Å². The van der Waals surface area contributed by atoms with Gasteiger partial charge in [-0.15, -0.1) is 0 Å². The number of ether oxygens (including phenoxy) is 1. The van der Waals surface area contributed by atoms with Crippen molar-refractivity contribution in [3.63, 3.8) is 0 Å². The van der Waals surface area contributed by atoms with Crippen LogP contribution in [0.25, 0.3) is 0 Å². The minimum absolute atomic E-state index is 0.0848. The summed E-state index contributed by atoms with van der Waals surface area (Å²) in [6.45, 7) is 4.68. The molecule has 102 valence electrons. The van der Waals surface area contributed by atoms with Gasteiger partial charge in [0.05, 0.1) is 13.0 Å². The van der Waals surface area contributed by atoms with Crippen molar-refractivity contribution in [3.05, 3.63) is 29.3 Å². The maximum absolute atomic E-state index is 11.6. The van der Waals surface area contributed by atoms with E-state index in [9.17, 15) is 4.79 Å². The SMILES string of the molecule is CCOCCC(=O)Nc1ccc(C)c(C#CCO)c1. The number of nitrogens with one attached hydrogen (secondary N) is 1. The molecule has 2 N–H and O–H groups in total. The molecule has 0 saturated carbocycles. The minimum Gasteiger partial charge on any atom is -0.384 e. The van der Waals surface area contributed by atoms with Crippen LogP contribution in [0.3, 0.4) is 0 Å². The van der Waals surface area contributed by atoms with Gasteiger partial charge < -0.3 is 15.2 Å². The van der Waals surface area contributed by atoms with Crippen molar-refractivity contribution in [1.29, 1.82) is 0 Å². The summed E-state index contributed by atoms with van der Waals surface area (Å²) in [7, 11) is 0. The van der Waals surface area contributed by atoms with Crippen LogP contribution in [-0.4, -0.2) is 30.8 Å². The van der Waals surface area contributed by atoms with Crippen LogP contribution in [0.15, 0.2) is 18.2 Å². The molecule has 0 bridgehead atoms.